The predicted molar refractivity (Wildman–Crippen MR) is 91.0 cm³/mol. The van der Waals surface area contributed by atoms with Crippen LogP contribution in [0.4, 0.5) is 4.79 Å². The van der Waals surface area contributed by atoms with Crippen molar-refractivity contribution in [1.29, 1.82) is 0 Å². The van der Waals surface area contributed by atoms with Crippen LogP contribution in [0.1, 0.15) is 43.6 Å². The van der Waals surface area contributed by atoms with E-state index in [-0.39, 0.29) is 17.7 Å². The molecular weight excluding hydrogens is 304 g/mol. The molecule has 3 fully saturated rings. The second kappa shape index (κ2) is 6.73. The number of benzene rings is 1. The van der Waals surface area contributed by atoms with E-state index in [4.69, 9.17) is 9.47 Å². The third-order valence-corrected chi connectivity index (χ3v) is 5.64. The first-order valence-electron chi connectivity index (χ1n) is 9.06. The molecule has 130 valence electrons. The van der Waals surface area contributed by atoms with Crippen molar-refractivity contribution in [3.63, 3.8) is 0 Å². The van der Waals surface area contributed by atoms with Crippen LogP contribution in [0.5, 0.6) is 0 Å². The van der Waals surface area contributed by atoms with E-state index in [1.54, 1.807) is 0 Å². The summed E-state index contributed by atoms with van der Waals surface area (Å²) in [5, 5.41) is 6.26. The third-order valence-electron chi connectivity index (χ3n) is 5.64. The molecule has 24 heavy (non-hydrogen) atoms. The summed E-state index contributed by atoms with van der Waals surface area (Å²) in [6, 6.07) is 11.0. The monoisotopic (exact) mass is 330 g/mol. The Morgan fingerprint density at radius 3 is 2.62 bits per heavy atom. The van der Waals surface area contributed by atoms with E-state index in [9.17, 15) is 4.79 Å². The van der Waals surface area contributed by atoms with Gasteiger partial charge in [-0.3, -0.25) is 0 Å². The summed E-state index contributed by atoms with van der Waals surface area (Å²) in [7, 11) is 0. The van der Waals surface area contributed by atoms with Crippen LogP contribution in [0.2, 0.25) is 0 Å². The number of nitrogens with one attached hydrogen (secondary N) is 2. The quantitative estimate of drug-likeness (QED) is 0.895. The zero-order valence-electron chi connectivity index (χ0n) is 14.0. The lowest BCUT2D eigenvalue weighted by molar-refractivity contribution is -0.0878. The van der Waals surface area contributed by atoms with Gasteiger partial charge < -0.3 is 20.1 Å². The predicted octanol–water partition coefficient (Wildman–Crippen LogP) is 2.57. The lowest BCUT2D eigenvalue weighted by Gasteiger charge is -2.39. The number of carbonyl (C=O) groups excluding carboxylic acids is 1. The Kier molecular flexibility index (Phi) is 4.46. The topological polar surface area (TPSA) is 59.6 Å². The minimum Gasteiger partial charge on any atom is -0.378 e. The van der Waals surface area contributed by atoms with Gasteiger partial charge in [-0.25, -0.2) is 4.79 Å². The molecule has 2 atom stereocenters. The summed E-state index contributed by atoms with van der Waals surface area (Å²) in [5.41, 5.74) is 1.22. The standard InChI is InChI=1S/C19H26N2O3/c22-18(20-16-6-8-24-19(12-16)7-9-23-13-19)21-17-10-15(11-17)14-4-2-1-3-5-14/h1-5,15-17H,6-13H2,(H2,20,21,22)/t15?,16-,17?,19-/m1/s1. The van der Waals surface area contributed by atoms with E-state index in [2.05, 4.69) is 34.9 Å². The molecule has 4 rings (SSSR count). The van der Waals surface area contributed by atoms with Gasteiger partial charge >= 0.3 is 6.03 Å². The number of hydrogen-bond acceptors (Lipinski definition) is 3. The van der Waals surface area contributed by atoms with Gasteiger partial charge in [-0.05, 0) is 37.2 Å². The molecule has 1 aromatic rings. The van der Waals surface area contributed by atoms with Crippen molar-refractivity contribution in [3.05, 3.63) is 35.9 Å². The molecule has 0 bridgehead atoms. The number of ether oxygens (including phenoxy) is 2. The van der Waals surface area contributed by atoms with Gasteiger partial charge in [0, 0.05) is 31.7 Å². The van der Waals surface area contributed by atoms with Crippen molar-refractivity contribution in [1.82, 2.24) is 10.6 Å². The van der Waals surface area contributed by atoms with Crippen molar-refractivity contribution in [3.8, 4) is 0 Å². The van der Waals surface area contributed by atoms with E-state index < -0.39 is 0 Å². The highest BCUT2D eigenvalue weighted by Gasteiger charge is 2.41. The summed E-state index contributed by atoms with van der Waals surface area (Å²) in [6.07, 6.45) is 4.74. The maximum absolute atomic E-state index is 12.3. The molecule has 0 unspecified atom stereocenters. The summed E-state index contributed by atoms with van der Waals surface area (Å²) >= 11 is 0. The molecule has 1 saturated carbocycles. The third kappa shape index (κ3) is 3.42. The number of amides is 2. The minimum atomic E-state index is -0.162. The molecule has 0 aromatic heterocycles. The van der Waals surface area contributed by atoms with Gasteiger partial charge in [-0.1, -0.05) is 30.3 Å². The van der Waals surface area contributed by atoms with Gasteiger partial charge in [0.25, 0.3) is 0 Å². The zero-order valence-corrected chi connectivity index (χ0v) is 14.0. The lowest BCUT2D eigenvalue weighted by Crippen LogP contribution is -2.54. The van der Waals surface area contributed by atoms with Crippen LogP contribution >= 0.6 is 0 Å². The van der Waals surface area contributed by atoms with Gasteiger partial charge in [0.05, 0.1) is 12.2 Å². The molecule has 2 N–H and O–H groups in total. The maximum atomic E-state index is 12.3. The van der Waals surface area contributed by atoms with Crippen molar-refractivity contribution in [2.24, 2.45) is 0 Å². The maximum Gasteiger partial charge on any atom is 0.315 e. The normalized spacial score (nSPS) is 35.4. The van der Waals surface area contributed by atoms with Crippen LogP contribution in [-0.2, 0) is 9.47 Å². The molecule has 1 aromatic carbocycles. The summed E-state index contributed by atoms with van der Waals surface area (Å²) < 4.78 is 11.4. The van der Waals surface area contributed by atoms with E-state index in [1.165, 1.54) is 5.56 Å². The molecule has 2 heterocycles. The van der Waals surface area contributed by atoms with Crippen LogP contribution in [0.25, 0.3) is 0 Å². The van der Waals surface area contributed by atoms with Gasteiger partial charge in [0.1, 0.15) is 0 Å². The summed E-state index contributed by atoms with van der Waals surface area (Å²) in [4.78, 5) is 12.3. The zero-order chi connectivity index (χ0) is 16.4. The van der Waals surface area contributed by atoms with Crippen LogP contribution < -0.4 is 10.6 Å². The number of rotatable bonds is 3. The SMILES string of the molecule is O=C(NC1CC(c2ccccc2)C1)N[C@@H]1CCO[C@]2(CCOC2)C1. The van der Waals surface area contributed by atoms with Gasteiger partial charge in [-0.2, -0.15) is 0 Å². The van der Waals surface area contributed by atoms with Crippen LogP contribution in [-0.4, -0.2) is 43.5 Å². The summed E-state index contributed by atoms with van der Waals surface area (Å²) in [6.45, 7) is 2.13. The molecule has 2 amide bonds. The Balaban J connectivity index is 1.22. The molecule has 2 saturated heterocycles. The molecule has 2 aliphatic heterocycles. The van der Waals surface area contributed by atoms with E-state index in [1.807, 2.05) is 6.07 Å². The minimum absolute atomic E-state index is 0.0347. The Bertz CT molecular complexity index is 565. The second-order valence-electron chi connectivity index (χ2n) is 7.42. The largest absolute Gasteiger partial charge is 0.378 e. The van der Waals surface area contributed by atoms with E-state index in [0.717, 1.165) is 38.7 Å². The number of hydrogen-bond donors (Lipinski definition) is 2. The van der Waals surface area contributed by atoms with Crippen molar-refractivity contribution >= 4 is 6.03 Å². The Hall–Kier alpha value is -1.59. The van der Waals surface area contributed by atoms with Gasteiger partial charge in [-0.15, -0.1) is 0 Å². The molecule has 5 nitrogen and oxygen atoms in total. The number of urea groups is 1. The Morgan fingerprint density at radius 1 is 1.08 bits per heavy atom. The molecule has 0 radical (unpaired) electrons. The molecule has 1 aliphatic carbocycles. The molecule has 1 spiro atoms. The first-order valence-corrected chi connectivity index (χ1v) is 9.06. The Morgan fingerprint density at radius 2 is 1.88 bits per heavy atom. The van der Waals surface area contributed by atoms with Crippen LogP contribution in [0.3, 0.4) is 0 Å². The van der Waals surface area contributed by atoms with Crippen molar-refractivity contribution in [2.75, 3.05) is 19.8 Å². The van der Waals surface area contributed by atoms with Gasteiger partial charge in [0.15, 0.2) is 0 Å². The average molecular weight is 330 g/mol. The first-order chi connectivity index (χ1) is 11.7. The van der Waals surface area contributed by atoms with E-state index in [0.29, 0.717) is 25.2 Å². The summed E-state index contributed by atoms with van der Waals surface area (Å²) in [5.74, 6) is 0.582. The number of carbonyl (C=O) groups is 1. The van der Waals surface area contributed by atoms with Crippen molar-refractivity contribution in [2.45, 2.75) is 55.7 Å². The smallest absolute Gasteiger partial charge is 0.315 e. The second-order valence-corrected chi connectivity index (χ2v) is 7.42. The molecular formula is C19H26N2O3. The fourth-order valence-corrected chi connectivity index (χ4v) is 4.16. The van der Waals surface area contributed by atoms with Crippen molar-refractivity contribution < 1.29 is 14.3 Å². The van der Waals surface area contributed by atoms with Crippen LogP contribution in [0, 0.1) is 0 Å². The van der Waals surface area contributed by atoms with Crippen LogP contribution in [0.15, 0.2) is 30.3 Å². The van der Waals surface area contributed by atoms with E-state index >= 15 is 0 Å². The average Bonchev–Trinajstić information content (AvgIpc) is 2.99. The highest BCUT2D eigenvalue weighted by molar-refractivity contribution is 5.74. The fraction of sp³-hybridized carbons (Fsp3) is 0.632. The first kappa shape index (κ1) is 15.9. The van der Waals surface area contributed by atoms with Gasteiger partial charge in [0.2, 0.25) is 0 Å². The Labute approximate surface area is 143 Å². The molecule has 5 heteroatoms. The fourth-order valence-electron chi connectivity index (χ4n) is 4.16. The lowest BCUT2D eigenvalue weighted by atomic mass is 9.76. The highest BCUT2D eigenvalue weighted by Crippen LogP contribution is 2.37. The highest BCUT2D eigenvalue weighted by atomic mass is 16.6. The molecule has 3 aliphatic rings.